The quantitative estimate of drug-likeness (QED) is 0.416. The lowest BCUT2D eigenvalue weighted by molar-refractivity contribution is 0.00138. The van der Waals surface area contributed by atoms with Crippen molar-refractivity contribution >= 4 is 29.9 Å². The third-order valence-electron chi connectivity index (χ3n) is 4.66. The maximum absolute atomic E-state index is 5.50. The average Bonchev–Trinajstić information content (AvgIpc) is 2.47. The van der Waals surface area contributed by atoms with Crippen LogP contribution in [0, 0.1) is 11.8 Å². The topological polar surface area (TPSA) is 40.1 Å². The minimum Gasteiger partial charge on any atom is -0.379 e. The molecule has 6 heteroatoms. The largest absolute Gasteiger partial charge is 0.379 e. The van der Waals surface area contributed by atoms with Crippen molar-refractivity contribution in [3.8, 4) is 0 Å². The van der Waals surface area contributed by atoms with E-state index >= 15 is 0 Å². The van der Waals surface area contributed by atoms with Crippen molar-refractivity contribution in [1.29, 1.82) is 0 Å². The van der Waals surface area contributed by atoms with E-state index in [0.717, 1.165) is 70.3 Å². The van der Waals surface area contributed by atoms with Gasteiger partial charge in [0.2, 0.25) is 0 Å². The maximum atomic E-state index is 5.50. The standard InChI is InChI=1S/C17H34N4O.HI/c1-5-18-17(21-11-14(2)10-15(3)12-21)19-6-7-20-8-9-22-13-16(20)4;/h14-16H,5-13H2,1-4H3,(H,18,19);1H. The molecule has 2 fully saturated rings. The molecular formula is C17H35IN4O. The van der Waals surface area contributed by atoms with Crippen LogP contribution in [0.15, 0.2) is 4.99 Å². The summed E-state index contributed by atoms with van der Waals surface area (Å²) in [6.45, 7) is 16.9. The molecule has 136 valence electrons. The summed E-state index contributed by atoms with van der Waals surface area (Å²) in [5.74, 6) is 2.61. The molecule has 0 amide bonds. The molecule has 0 radical (unpaired) electrons. The van der Waals surface area contributed by atoms with Crippen molar-refractivity contribution in [2.24, 2.45) is 16.8 Å². The zero-order valence-electron chi connectivity index (χ0n) is 15.3. The number of hydrogen-bond acceptors (Lipinski definition) is 3. The van der Waals surface area contributed by atoms with Gasteiger partial charge in [-0.3, -0.25) is 9.89 Å². The molecule has 0 bridgehead atoms. The number of rotatable bonds is 4. The van der Waals surface area contributed by atoms with Crippen LogP contribution < -0.4 is 5.32 Å². The van der Waals surface area contributed by atoms with Gasteiger partial charge in [0.15, 0.2) is 5.96 Å². The van der Waals surface area contributed by atoms with Gasteiger partial charge in [0.25, 0.3) is 0 Å². The Balaban J connectivity index is 0.00000264. The van der Waals surface area contributed by atoms with Crippen LogP contribution in [0.1, 0.15) is 34.1 Å². The molecule has 2 aliphatic heterocycles. The number of halogens is 1. The Hall–Kier alpha value is -0.0800. The van der Waals surface area contributed by atoms with Crippen molar-refractivity contribution in [2.75, 3.05) is 52.5 Å². The number of nitrogens with one attached hydrogen (secondary N) is 1. The molecule has 0 spiro atoms. The fraction of sp³-hybridized carbons (Fsp3) is 0.941. The van der Waals surface area contributed by atoms with Gasteiger partial charge in [0.1, 0.15) is 0 Å². The summed E-state index contributed by atoms with van der Waals surface area (Å²) in [7, 11) is 0. The summed E-state index contributed by atoms with van der Waals surface area (Å²) < 4.78 is 5.50. The number of guanidine groups is 1. The van der Waals surface area contributed by atoms with Crippen LogP contribution in [0.25, 0.3) is 0 Å². The van der Waals surface area contributed by atoms with E-state index in [1.54, 1.807) is 0 Å². The Morgan fingerprint density at radius 1 is 1.22 bits per heavy atom. The van der Waals surface area contributed by atoms with Gasteiger partial charge < -0.3 is 15.0 Å². The molecule has 0 aromatic rings. The van der Waals surface area contributed by atoms with Crippen LogP contribution in [-0.4, -0.2) is 74.3 Å². The molecule has 0 aliphatic carbocycles. The van der Waals surface area contributed by atoms with Crippen molar-refractivity contribution in [3.63, 3.8) is 0 Å². The minimum atomic E-state index is 0. The second kappa shape index (κ2) is 10.7. The monoisotopic (exact) mass is 438 g/mol. The first kappa shape index (κ1) is 21.0. The third-order valence-corrected chi connectivity index (χ3v) is 4.66. The van der Waals surface area contributed by atoms with Crippen molar-refractivity contribution < 1.29 is 4.74 Å². The van der Waals surface area contributed by atoms with E-state index in [1.165, 1.54) is 6.42 Å². The summed E-state index contributed by atoms with van der Waals surface area (Å²) in [4.78, 5) is 9.82. The van der Waals surface area contributed by atoms with Crippen molar-refractivity contribution in [1.82, 2.24) is 15.1 Å². The first-order chi connectivity index (χ1) is 10.6. The third kappa shape index (κ3) is 6.74. The first-order valence-corrected chi connectivity index (χ1v) is 8.95. The van der Waals surface area contributed by atoms with Gasteiger partial charge in [-0.05, 0) is 32.1 Å². The van der Waals surface area contributed by atoms with Gasteiger partial charge in [-0.15, -0.1) is 24.0 Å². The first-order valence-electron chi connectivity index (χ1n) is 8.95. The number of hydrogen-bond donors (Lipinski definition) is 1. The van der Waals surface area contributed by atoms with E-state index < -0.39 is 0 Å². The molecule has 0 aromatic carbocycles. The molecule has 3 atom stereocenters. The molecule has 0 aromatic heterocycles. The second-order valence-electron chi connectivity index (χ2n) is 7.05. The molecule has 2 rings (SSSR count). The molecule has 3 unspecified atom stereocenters. The van der Waals surface area contributed by atoms with E-state index in [4.69, 9.17) is 9.73 Å². The van der Waals surface area contributed by atoms with E-state index in [2.05, 4.69) is 42.8 Å². The van der Waals surface area contributed by atoms with E-state index in [1.807, 2.05) is 0 Å². The maximum Gasteiger partial charge on any atom is 0.193 e. The SMILES string of the molecule is CCNC(=NCCN1CCOCC1C)N1CC(C)CC(C)C1.I. The van der Waals surface area contributed by atoms with Crippen LogP contribution in [-0.2, 0) is 4.74 Å². The summed E-state index contributed by atoms with van der Waals surface area (Å²) in [5.41, 5.74) is 0. The number of piperidine rings is 1. The summed E-state index contributed by atoms with van der Waals surface area (Å²) in [6.07, 6.45) is 1.33. The van der Waals surface area contributed by atoms with E-state index in [-0.39, 0.29) is 24.0 Å². The van der Waals surface area contributed by atoms with Crippen molar-refractivity contribution in [2.45, 2.75) is 40.2 Å². The fourth-order valence-corrected chi connectivity index (χ4v) is 3.64. The number of nitrogens with zero attached hydrogens (tertiary/aromatic N) is 3. The molecule has 2 saturated heterocycles. The van der Waals surface area contributed by atoms with E-state index in [0.29, 0.717) is 6.04 Å². The lowest BCUT2D eigenvalue weighted by Crippen LogP contribution is -2.49. The molecule has 1 N–H and O–H groups in total. The Labute approximate surface area is 159 Å². The van der Waals surface area contributed by atoms with Gasteiger partial charge in [-0.2, -0.15) is 0 Å². The van der Waals surface area contributed by atoms with Crippen LogP contribution in [0.3, 0.4) is 0 Å². The Morgan fingerprint density at radius 2 is 1.91 bits per heavy atom. The number of aliphatic imine (C=N–C) groups is 1. The zero-order valence-corrected chi connectivity index (χ0v) is 17.6. The van der Waals surface area contributed by atoms with Crippen LogP contribution in [0.2, 0.25) is 0 Å². The van der Waals surface area contributed by atoms with Crippen molar-refractivity contribution in [3.05, 3.63) is 0 Å². The zero-order chi connectivity index (χ0) is 15.9. The Kier molecular flexibility index (Phi) is 9.77. The van der Waals surface area contributed by atoms with Gasteiger partial charge in [-0.25, -0.2) is 0 Å². The highest BCUT2D eigenvalue weighted by molar-refractivity contribution is 14.0. The van der Waals surface area contributed by atoms with Crippen LogP contribution >= 0.6 is 24.0 Å². The highest BCUT2D eigenvalue weighted by Crippen LogP contribution is 2.20. The average molecular weight is 438 g/mol. The normalized spacial score (nSPS) is 30.0. The molecule has 2 heterocycles. The molecule has 0 saturated carbocycles. The lowest BCUT2D eigenvalue weighted by Gasteiger charge is -2.37. The molecular weight excluding hydrogens is 403 g/mol. The summed E-state index contributed by atoms with van der Waals surface area (Å²) in [5, 5.41) is 3.48. The van der Waals surface area contributed by atoms with Crippen LogP contribution in [0.4, 0.5) is 0 Å². The van der Waals surface area contributed by atoms with Gasteiger partial charge in [0.05, 0.1) is 19.8 Å². The second-order valence-corrected chi connectivity index (χ2v) is 7.05. The smallest absolute Gasteiger partial charge is 0.193 e. The number of ether oxygens (including phenoxy) is 1. The minimum absolute atomic E-state index is 0. The summed E-state index contributed by atoms with van der Waals surface area (Å²) >= 11 is 0. The van der Waals surface area contributed by atoms with Crippen LogP contribution in [0.5, 0.6) is 0 Å². The molecule has 2 aliphatic rings. The van der Waals surface area contributed by atoms with Gasteiger partial charge in [-0.1, -0.05) is 13.8 Å². The highest BCUT2D eigenvalue weighted by atomic mass is 127. The Morgan fingerprint density at radius 3 is 2.52 bits per heavy atom. The van der Waals surface area contributed by atoms with Gasteiger partial charge >= 0.3 is 0 Å². The predicted molar refractivity (Wildman–Crippen MR) is 108 cm³/mol. The molecule has 5 nitrogen and oxygen atoms in total. The summed E-state index contributed by atoms with van der Waals surface area (Å²) in [6, 6.07) is 0.515. The highest BCUT2D eigenvalue weighted by Gasteiger charge is 2.24. The molecule has 23 heavy (non-hydrogen) atoms. The fourth-order valence-electron chi connectivity index (χ4n) is 3.64. The number of morpholine rings is 1. The Bertz CT molecular complexity index is 357. The number of likely N-dealkylation sites (tertiary alicyclic amines) is 1. The lowest BCUT2D eigenvalue weighted by atomic mass is 9.92. The predicted octanol–water partition coefficient (Wildman–Crippen LogP) is 2.27. The van der Waals surface area contributed by atoms with E-state index in [9.17, 15) is 0 Å². The van der Waals surface area contributed by atoms with Gasteiger partial charge in [0, 0.05) is 38.8 Å².